The van der Waals surface area contributed by atoms with Gasteiger partial charge in [-0.2, -0.15) is 4.98 Å². The second kappa shape index (κ2) is 9.36. The van der Waals surface area contributed by atoms with Crippen molar-refractivity contribution in [3.05, 3.63) is 30.2 Å². The number of nitrogens with one attached hydrogen (secondary N) is 1. The maximum atomic E-state index is 12.1. The molecule has 140 valence electrons. The molecule has 1 aromatic heterocycles. The molecule has 1 amide bonds. The lowest BCUT2D eigenvalue weighted by atomic mass is 10.1. The second-order valence-corrected chi connectivity index (χ2v) is 6.85. The topological polar surface area (TPSA) is 77.2 Å². The van der Waals surface area contributed by atoms with E-state index in [9.17, 15) is 4.79 Å². The van der Waals surface area contributed by atoms with Crippen LogP contribution >= 0.6 is 0 Å². The van der Waals surface area contributed by atoms with E-state index in [1.54, 1.807) is 7.11 Å². The molecule has 1 N–H and O–H groups in total. The minimum atomic E-state index is 0.131. The highest BCUT2D eigenvalue weighted by molar-refractivity contribution is 5.76. The van der Waals surface area contributed by atoms with Gasteiger partial charge in [0.2, 0.25) is 17.6 Å². The summed E-state index contributed by atoms with van der Waals surface area (Å²) in [6.07, 6.45) is 9.07. The van der Waals surface area contributed by atoms with Crippen molar-refractivity contribution in [1.29, 1.82) is 0 Å². The van der Waals surface area contributed by atoms with E-state index in [1.807, 2.05) is 24.3 Å². The Morgan fingerprint density at radius 1 is 1.19 bits per heavy atom. The molecule has 0 aliphatic heterocycles. The molecule has 1 saturated carbocycles. The minimum Gasteiger partial charge on any atom is -0.497 e. The van der Waals surface area contributed by atoms with Crippen molar-refractivity contribution in [3.63, 3.8) is 0 Å². The van der Waals surface area contributed by atoms with Crippen LogP contribution in [0.3, 0.4) is 0 Å². The van der Waals surface area contributed by atoms with Gasteiger partial charge in [0.1, 0.15) is 5.75 Å². The second-order valence-electron chi connectivity index (χ2n) is 6.85. The average molecular weight is 357 g/mol. The summed E-state index contributed by atoms with van der Waals surface area (Å²) in [6.45, 7) is 0. The molecular formula is C20H27N3O3. The van der Waals surface area contributed by atoms with Crippen LogP contribution in [0.5, 0.6) is 5.75 Å². The predicted molar refractivity (Wildman–Crippen MR) is 98.9 cm³/mol. The molecule has 6 nitrogen and oxygen atoms in total. The fourth-order valence-electron chi connectivity index (χ4n) is 3.34. The summed E-state index contributed by atoms with van der Waals surface area (Å²) in [6, 6.07) is 7.88. The highest BCUT2D eigenvalue weighted by Crippen LogP contribution is 2.20. The van der Waals surface area contributed by atoms with Crippen molar-refractivity contribution in [2.24, 2.45) is 0 Å². The first-order valence-electron chi connectivity index (χ1n) is 9.51. The Hall–Kier alpha value is -2.37. The highest BCUT2D eigenvalue weighted by Gasteiger charge is 2.15. The lowest BCUT2D eigenvalue weighted by molar-refractivity contribution is -0.122. The number of rotatable bonds is 7. The number of amides is 1. The molecule has 1 heterocycles. The van der Waals surface area contributed by atoms with E-state index >= 15 is 0 Å². The van der Waals surface area contributed by atoms with Crippen molar-refractivity contribution in [1.82, 2.24) is 15.5 Å². The van der Waals surface area contributed by atoms with Crippen molar-refractivity contribution in [3.8, 4) is 17.1 Å². The maximum Gasteiger partial charge on any atom is 0.226 e. The number of nitrogens with zero attached hydrogens (tertiary/aromatic N) is 2. The van der Waals surface area contributed by atoms with Gasteiger partial charge in [-0.3, -0.25) is 4.79 Å². The van der Waals surface area contributed by atoms with Gasteiger partial charge in [-0.1, -0.05) is 30.8 Å². The van der Waals surface area contributed by atoms with E-state index in [1.165, 1.54) is 25.7 Å². The van der Waals surface area contributed by atoms with E-state index in [-0.39, 0.29) is 5.91 Å². The highest BCUT2D eigenvalue weighted by atomic mass is 16.5. The first kappa shape index (κ1) is 18.4. The molecule has 0 saturated heterocycles. The minimum absolute atomic E-state index is 0.131. The standard InChI is InChI=1S/C20H27N3O3/c1-25-17-13-11-15(12-14-17)20-22-19(26-23-20)10-6-9-18(24)21-16-7-4-2-3-5-8-16/h11-14,16H,2-10H2,1H3,(H,21,24). The third-order valence-corrected chi connectivity index (χ3v) is 4.83. The number of aromatic nitrogens is 2. The van der Waals surface area contributed by atoms with Crippen LogP contribution in [0.1, 0.15) is 57.3 Å². The zero-order valence-corrected chi connectivity index (χ0v) is 15.4. The lowest BCUT2D eigenvalue weighted by Crippen LogP contribution is -2.34. The van der Waals surface area contributed by atoms with E-state index < -0.39 is 0 Å². The van der Waals surface area contributed by atoms with Crippen LogP contribution in [-0.2, 0) is 11.2 Å². The Balaban J connectivity index is 1.43. The first-order valence-corrected chi connectivity index (χ1v) is 9.51. The van der Waals surface area contributed by atoms with Gasteiger partial charge in [-0.25, -0.2) is 0 Å². The molecule has 0 bridgehead atoms. The summed E-state index contributed by atoms with van der Waals surface area (Å²) >= 11 is 0. The van der Waals surface area contributed by atoms with Crippen LogP contribution in [0.2, 0.25) is 0 Å². The number of hydrogen-bond donors (Lipinski definition) is 1. The summed E-state index contributed by atoms with van der Waals surface area (Å²) in [5, 5.41) is 7.19. The predicted octanol–water partition coefficient (Wildman–Crippen LogP) is 3.91. The normalized spacial score (nSPS) is 15.4. The fourth-order valence-corrected chi connectivity index (χ4v) is 3.34. The number of carbonyl (C=O) groups is 1. The number of aryl methyl sites for hydroxylation is 1. The van der Waals surface area contributed by atoms with Gasteiger partial charge in [0, 0.05) is 24.4 Å². The molecule has 1 aromatic carbocycles. The van der Waals surface area contributed by atoms with Crippen LogP contribution in [-0.4, -0.2) is 29.2 Å². The molecule has 1 aliphatic rings. The first-order chi connectivity index (χ1) is 12.7. The van der Waals surface area contributed by atoms with Gasteiger partial charge in [0.05, 0.1) is 7.11 Å². The third-order valence-electron chi connectivity index (χ3n) is 4.83. The maximum absolute atomic E-state index is 12.1. The largest absolute Gasteiger partial charge is 0.497 e. The smallest absolute Gasteiger partial charge is 0.226 e. The Morgan fingerprint density at radius 3 is 2.62 bits per heavy atom. The van der Waals surface area contributed by atoms with Crippen LogP contribution in [0.25, 0.3) is 11.4 Å². The quantitative estimate of drug-likeness (QED) is 0.760. The third kappa shape index (κ3) is 5.31. The van der Waals surface area contributed by atoms with Gasteiger partial charge in [-0.15, -0.1) is 0 Å². The number of hydrogen-bond acceptors (Lipinski definition) is 5. The number of ether oxygens (including phenoxy) is 1. The summed E-state index contributed by atoms with van der Waals surface area (Å²) in [4.78, 5) is 16.5. The van der Waals surface area contributed by atoms with Crippen molar-refractivity contribution in [2.75, 3.05) is 7.11 Å². The zero-order valence-electron chi connectivity index (χ0n) is 15.4. The monoisotopic (exact) mass is 357 g/mol. The van der Waals surface area contributed by atoms with E-state index in [0.717, 1.165) is 24.2 Å². The molecule has 0 atom stereocenters. The zero-order chi connectivity index (χ0) is 18.2. The number of methoxy groups -OCH3 is 1. The molecule has 0 unspecified atom stereocenters. The molecule has 3 rings (SSSR count). The molecule has 1 fully saturated rings. The van der Waals surface area contributed by atoms with Crippen LogP contribution in [0.15, 0.2) is 28.8 Å². The van der Waals surface area contributed by atoms with E-state index in [0.29, 0.717) is 37.0 Å². The van der Waals surface area contributed by atoms with Gasteiger partial charge < -0.3 is 14.6 Å². The molecule has 2 aromatic rings. The Morgan fingerprint density at radius 2 is 1.92 bits per heavy atom. The van der Waals surface area contributed by atoms with Crippen LogP contribution in [0.4, 0.5) is 0 Å². The SMILES string of the molecule is COc1ccc(-c2noc(CCCC(=O)NC3CCCCCC3)n2)cc1. The lowest BCUT2D eigenvalue weighted by Gasteiger charge is -2.15. The van der Waals surface area contributed by atoms with Crippen LogP contribution < -0.4 is 10.1 Å². The van der Waals surface area contributed by atoms with Gasteiger partial charge in [-0.05, 0) is 43.5 Å². The Bertz CT molecular complexity index is 689. The average Bonchev–Trinajstić information content (AvgIpc) is 2.98. The molecule has 0 radical (unpaired) electrons. The van der Waals surface area contributed by atoms with Crippen molar-refractivity contribution in [2.45, 2.75) is 63.8 Å². The van der Waals surface area contributed by atoms with Gasteiger partial charge in [0.25, 0.3) is 0 Å². The van der Waals surface area contributed by atoms with Crippen LogP contribution in [0, 0.1) is 0 Å². The number of benzene rings is 1. The molecular weight excluding hydrogens is 330 g/mol. The summed E-state index contributed by atoms with van der Waals surface area (Å²) in [5.41, 5.74) is 0.881. The Kier molecular flexibility index (Phi) is 6.63. The molecule has 26 heavy (non-hydrogen) atoms. The van der Waals surface area contributed by atoms with Gasteiger partial charge >= 0.3 is 0 Å². The molecule has 1 aliphatic carbocycles. The molecule has 0 spiro atoms. The summed E-state index contributed by atoms with van der Waals surface area (Å²) in [7, 11) is 1.63. The fraction of sp³-hybridized carbons (Fsp3) is 0.550. The van der Waals surface area contributed by atoms with Crippen molar-refractivity contribution >= 4 is 5.91 Å². The van der Waals surface area contributed by atoms with E-state index in [4.69, 9.17) is 9.26 Å². The Labute approximate surface area is 154 Å². The van der Waals surface area contributed by atoms with Crippen molar-refractivity contribution < 1.29 is 14.1 Å². The van der Waals surface area contributed by atoms with Gasteiger partial charge in [0.15, 0.2) is 0 Å². The summed E-state index contributed by atoms with van der Waals surface area (Å²) < 4.78 is 10.4. The van der Waals surface area contributed by atoms with E-state index in [2.05, 4.69) is 15.5 Å². The number of carbonyl (C=O) groups excluding carboxylic acids is 1. The summed E-state index contributed by atoms with van der Waals surface area (Å²) in [5.74, 6) is 2.05. The molecule has 6 heteroatoms.